The highest BCUT2D eigenvalue weighted by molar-refractivity contribution is 7.98. The smallest absolute Gasteiger partial charge is 0.328 e. The molecule has 0 saturated carbocycles. The van der Waals surface area contributed by atoms with Crippen molar-refractivity contribution in [3.05, 3.63) is 29.8 Å². The van der Waals surface area contributed by atoms with Crippen molar-refractivity contribution in [1.29, 1.82) is 0 Å². The van der Waals surface area contributed by atoms with E-state index in [1.165, 1.54) is 7.11 Å². The molecule has 2 amide bonds. The van der Waals surface area contributed by atoms with E-state index >= 15 is 0 Å². The van der Waals surface area contributed by atoms with E-state index in [1.54, 1.807) is 34.9 Å². The number of benzene rings is 1. The van der Waals surface area contributed by atoms with Crippen molar-refractivity contribution in [2.45, 2.75) is 25.3 Å². The molecule has 1 aromatic carbocycles. The fourth-order valence-electron chi connectivity index (χ4n) is 2.60. The van der Waals surface area contributed by atoms with E-state index in [1.807, 2.05) is 12.3 Å². The van der Waals surface area contributed by atoms with Crippen LogP contribution in [0.3, 0.4) is 0 Å². The van der Waals surface area contributed by atoms with Crippen LogP contribution in [-0.2, 0) is 14.3 Å². The van der Waals surface area contributed by atoms with Gasteiger partial charge < -0.3 is 15.0 Å². The summed E-state index contributed by atoms with van der Waals surface area (Å²) in [5.74, 6) is 0.00535. The lowest BCUT2D eigenvalue weighted by atomic mass is 10.1. The zero-order valence-electron chi connectivity index (χ0n) is 13.9. The van der Waals surface area contributed by atoms with Crippen LogP contribution in [0.5, 0.6) is 0 Å². The number of carbonyl (C=O) groups excluding carboxylic acids is 3. The third kappa shape index (κ3) is 4.50. The van der Waals surface area contributed by atoms with Crippen LogP contribution in [0.25, 0.3) is 0 Å². The lowest BCUT2D eigenvalue weighted by molar-refractivity contribution is -0.142. The Morgan fingerprint density at radius 3 is 2.83 bits per heavy atom. The SMILES string of the molecule is COC(=O)[C@H](CCSC)NC(=O)c1cccc(N2CCCC2=O)c1. The summed E-state index contributed by atoms with van der Waals surface area (Å²) < 4.78 is 4.75. The second-order valence-electron chi connectivity index (χ2n) is 5.53. The molecular formula is C17H22N2O4S. The maximum atomic E-state index is 12.5. The summed E-state index contributed by atoms with van der Waals surface area (Å²) in [6.45, 7) is 0.669. The maximum Gasteiger partial charge on any atom is 0.328 e. The number of nitrogens with one attached hydrogen (secondary N) is 1. The first-order valence-electron chi connectivity index (χ1n) is 7.85. The van der Waals surface area contributed by atoms with Crippen molar-refractivity contribution >= 4 is 35.2 Å². The number of amides is 2. The number of carbonyl (C=O) groups is 3. The molecule has 1 atom stereocenters. The molecule has 0 unspecified atom stereocenters. The molecule has 7 heteroatoms. The molecule has 1 N–H and O–H groups in total. The normalized spacial score (nSPS) is 15.2. The summed E-state index contributed by atoms with van der Waals surface area (Å²) in [7, 11) is 1.31. The lowest BCUT2D eigenvalue weighted by Gasteiger charge is -2.18. The summed E-state index contributed by atoms with van der Waals surface area (Å²) in [6.07, 6.45) is 3.81. The Morgan fingerprint density at radius 2 is 2.21 bits per heavy atom. The van der Waals surface area contributed by atoms with Gasteiger partial charge in [0.1, 0.15) is 6.04 Å². The van der Waals surface area contributed by atoms with Crippen LogP contribution in [0.2, 0.25) is 0 Å². The van der Waals surface area contributed by atoms with Gasteiger partial charge in [-0.1, -0.05) is 6.07 Å². The van der Waals surface area contributed by atoms with Gasteiger partial charge in [-0.3, -0.25) is 9.59 Å². The minimum Gasteiger partial charge on any atom is -0.467 e. The van der Waals surface area contributed by atoms with Gasteiger partial charge in [-0.2, -0.15) is 11.8 Å². The third-order valence-corrected chi connectivity index (χ3v) is 4.54. The molecule has 1 saturated heterocycles. The highest BCUT2D eigenvalue weighted by Gasteiger charge is 2.24. The minimum atomic E-state index is -0.674. The Morgan fingerprint density at radius 1 is 1.42 bits per heavy atom. The van der Waals surface area contributed by atoms with Crippen LogP contribution >= 0.6 is 11.8 Å². The van der Waals surface area contributed by atoms with Crippen molar-refractivity contribution in [2.24, 2.45) is 0 Å². The standard InChI is InChI=1S/C17H22N2O4S/c1-23-17(22)14(8-10-24-2)18-16(21)12-5-3-6-13(11-12)19-9-4-7-15(19)20/h3,5-6,11,14H,4,7-10H2,1-2H3,(H,18,21)/t14-/m0/s1. The van der Waals surface area contributed by atoms with Crippen molar-refractivity contribution in [3.63, 3.8) is 0 Å². The van der Waals surface area contributed by atoms with Gasteiger partial charge in [0.05, 0.1) is 7.11 Å². The van der Waals surface area contributed by atoms with E-state index in [0.29, 0.717) is 30.6 Å². The molecule has 6 nitrogen and oxygen atoms in total. The predicted molar refractivity (Wildman–Crippen MR) is 94.3 cm³/mol. The monoisotopic (exact) mass is 350 g/mol. The van der Waals surface area contributed by atoms with Gasteiger partial charge in [0.15, 0.2) is 0 Å². The lowest BCUT2D eigenvalue weighted by Crippen LogP contribution is -2.42. The molecule has 1 fully saturated rings. The first kappa shape index (κ1) is 18.3. The highest BCUT2D eigenvalue weighted by atomic mass is 32.2. The highest BCUT2D eigenvalue weighted by Crippen LogP contribution is 2.22. The van der Waals surface area contributed by atoms with Crippen molar-refractivity contribution in [3.8, 4) is 0 Å². The van der Waals surface area contributed by atoms with E-state index < -0.39 is 12.0 Å². The number of hydrogen-bond donors (Lipinski definition) is 1. The van der Waals surface area contributed by atoms with Gasteiger partial charge in [-0.25, -0.2) is 4.79 Å². The van der Waals surface area contributed by atoms with Crippen LogP contribution < -0.4 is 10.2 Å². The summed E-state index contributed by atoms with van der Waals surface area (Å²) in [5, 5.41) is 2.72. The molecule has 0 bridgehead atoms. The molecule has 1 aromatic rings. The van der Waals surface area contributed by atoms with Crippen molar-refractivity contribution in [1.82, 2.24) is 5.32 Å². The number of anilines is 1. The molecule has 24 heavy (non-hydrogen) atoms. The van der Waals surface area contributed by atoms with Crippen LogP contribution in [0.1, 0.15) is 29.6 Å². The van der Waals surface area contributed by atoms with Crippen molar-refractivity contribution < 1.29 is 19.1 Å². The molecule has 1 aliphatic heterocycles. The molecule has 0 spiro atoms. The first-order chi connectivity index (χ1) is 11.6. The van der Waals surface area contributed by atoms with Crippen LogP contribution in [0, 0.1) is 0 Å². The molecule has 2 rings (SSSR count). The Kier molecular flexibility index (Phi) is 6.66. The average Bonchev–Trinajstić information content (AvgIpc) is 3.03. The number of rotatable bonds is 7. The maximum absolute atomic E-state index is 12.5. The van der Waals surface area contributed by atoms with Crippen LogP contribution in [0.4, 0.5) is 5.69 Å². The number of esters is 1. The van der Waals surface area contributed by atoms with E-state index in [-0.39, 0.29) is 11.8 Å². The first-order valence-corrected chi connectivity index (χ1v) is 9.24. The minimum absolute atomic E-state index is 0.0694. The van der Waals surface area contributed by atoms with Crippen LogP contribution in [0.15, 0.2) is 24.3 Å². The quantitative estimate of drug-likeness (QED) is 0.760. The van der Waals surface area contributed by atoms with E-state index in [2.05, 4.69) is 5.32 Å². The number of nitrogens with zero attached hydrogens (tertiary/aromatic N) is 1. The number of hydrogen-bond acceptors (Lipinski definition) is 5. The molecular weight excluding hydrogens is 328 g/mol. The van der Waals surface area contributed by atoms with Crippen molar-refractivity contribution in [2.75, 3.05) is 30.6 Å². The summed E-state index contributed by atoms with van der Waals surface area (Å²) in [5.41, 5.74) is 1.13. The topological polar surface area (TPSA) is 75.7 Å². The summed E-state index contributed by atoms with van der Waals surface area (Å²) in [4.78, 5) is 37.8. The van der Waals surface area contributed by atoms with Gasteiger partial charge in [-0.05, 0) is 43.0 Å². The Balaban J connectivity index is 2.10. The van der Waals surface area contributed by atoms with Gasteiger partial charge in [0.2, 0.25) is 5.91 Å². The molecule has 1 aliphatic rings. The zero-order chi connectivity index (χ0) is 17.5. The zero-order valence-corrected chi connectivity index (χ0v) is 14.7. The number of thioether (sulfide) groups is 1. The molecule has 0 aliphatic carbocycles. The van der Waals surface area contributed by atoms with E-state index in [4.69, 9.17) is 4.74 Å². The van der Waals surface area contributed by atoms with Gasteiger partial charge in [0, 0.05) is 24.2 Å². The molecule has 0 radical (unpaired) electrons. The average molecular weight is 350 g/mol. The van der Waals surface area contributed by atoms with Gasteiger partial charge >= 0.3 is 5.97 Å². The molecule has 130 valence electrons. The molecule has 1 heterocycles. The largest absolute Gasteiger partial charge is 0.467 e. The summed E-state index contributed by atoms with van der Waals surface area (Å²) >= 11 is 1.60. The second-order valence-corrected chi connectivity index (χ2v) is 6.52. The van der Waals surface area contributed by atoms with E-state index in [9.17, 15) is 14.4 Å². The Hall–Kier alpha value is -2.02. The van der Waals surface area contributed by atoms with Crippen LogP contribution in [-0.4, -0.2) is 49.5 Å². The third-order valence-electron chi connectivity index (χ3n) is 3.90. The Labute approximate surface area is 145 Å². The predicted octanol–water partition coefficient (Wildman–Crippen LogP) is 1.84. The second kappa shape index (κ2) is 8.73. The van der Waals surface area contributed by atoms with Gasteiger partial charge in [0.25, 0.3) is 5.91 Å². The number of methoxy groups -OCH3 is 1. The summed E-state index contributed by atoms with van der Waals surface area (Å²) in [6, 6.07) is 6.23. The molecule has 0 aromatic heterocycles. The fraction of sp³-hybridized carbons (Fsp3) is 0.471. The number of ether oxygens (including phenoxy) is 1. The fourth-order valence-corrected chi connectivity index (χ4v) is 3.08. The van der Waals surface area contributed by atoms with E-state index in [0.717, 1.165) is 12.2 Å². The van der Waals surface area contributed by atoms with Gasteiger partial charge in [-0.15, -0.1) is 0 Å². The Bertz CT molecular complexity index is 620.